The highest BCUT2D eigenvalue weighted by atomic mass is 32.1. The Morgan fingerprint density at radius 2 is 2.12 bits per heavy atom. The molecule has 0 saturated heterocycles. The van der Waals surface area contributed by atoms with Crippen LogP contribution in [0.15, 0.2) is 0 Å². The minimum Gasteiger partial charge on any atom is -0.384 e. The van der Waals surface area contributed by atoms with Crippen LogP contribution in [0, 0.1) is 0 Å². The van der Waals surface area contributed by atoms with Crippen LogP contribution in [-0.2, 0) is 24.1 Å². The molecule has 1 N–H and O–H groups in total. The summed E-state index contributed by atoms with van der Waals surface area (Å²) >= 11 is 1.83. The molecule has 0 aliphatic carbocycles. The van der Waals surface area contributed by atoms with Crippen molar-refractivity contribution in [1.29, 1.82) is 0 Å². The van der Waals surface area contributed by atoms with Gasteiger partial charge in [0.25, 0.3) is 0 Å². The van der Waals surface area contributed by atoms with Crippen LogP contribution < -0.4 is 5.32 Å². The molecule has 17 heavy (non-hydrogen) atoms. The van der Waals surface area contributed by atoms with Crippen molar-refractivity contribution in [3.63, 3.8) is 0 Å². The van der Waals surface area contributed by atoms with Crippen molar-refractivity contribution in [3.05, 3.63) is 15.6 Å². The number of nitrogens with zero attached hydrogens (tertiary/aromatic N) is 1. The van der Waals surface area contributed by atoms with Crippen molar-refractivity contribution < 1.29 is 4.74 Å². The first-order valence-electron chi connectivity index (χ1n) is 6.37. The number of ether oxygens (including phenoxy) is 1. The Labute approximate surface area is 109 Å². The summed E-state index contributed by atoms with van der Waals surface area (Å²) in [5, 5.41) is 4.67. The Morgan fingerprint density at radius 1 is 1.35 bits per heavy atom. The van der Waals surface area contributed by atoms with Crippen molar-refractivity contribution in [2.75, 3.05) is 13.7 Å². The second-order valence-electron chi connectivity index (χ2n) is 4.51. The summed E-state index contributed by atoms with van der Waals surface area (Å²) in [7, 11) is 1.74. The third-order valence-corrected chi connectivity index (χ3v) is 3.66. The summed E-state index contributed by atoms with van der Waals surface area (Å²) in [5.41, 5.74) is 1.27. The van der Waals surface area contributed by atoms with E-state index in [1.165, 1.54) is 15.6 Å². The fourth-order valence-electron chi connectivity index (χ4n) is 1.60. The summed E-state index contributed by atoms with van der Waals surface area (Å²) in [6.45, 7) is 8.25. The Balaban J connectivity index is 2.66. The van der Waals surface area contributed by atoms with Gasteiger partial charge in [0.15, 0.2) is 0 Å². The molecule has 0 saturated carbocycles. The third-order valence-electron chi connectivity index (χ3n) is 2.50. The number of hydrogen-bond acceptors (Lipinski definition) is 4. The molecular formula is C13H24N2OS. The van der Waals surface area contributed by atoms with Crippen LogP contribution in [-0.4, -0.2) is 24.7 Å². The van der Waals surface area contributed by atoms with Gasteiger partial charge in [0.05, 0.1) is 17.3 Å². The molecule has 1 heterocycles. The fraction of sp³-hybridized carbons (Fsp3) is 0.769. The van der Waals surface area contributed by atoms with Gasteiger partial charge in [0.1, 0.15) is 0 Å². The number of methoxy groups -OCH3 is 1. The maximum Gasteiger partial charge on any atom is 0.0954 e. The van der Waals surface area contributed by atoms with Crippen molar-refractivity contribution in [2.24, 2.45) is 0 Å². The second-order valence-corrected chi connectivity index (χ2v) is 5.67. The van der Waals surface area contributed by atoms with E-state index in [2.05, 4.69) is 26.1 Å². The largest absolute Gasteiger partial charge is 0.384 e. The average Bonchev–Trinajstić information content (AvgIpc) is 2.67. The minimum atomic E-state index is 0.522. The van der Waals surface area contributed by atoms with E-state index in [-0.39, 0.29) is 0 Å². The van der Waals surface area contributed by atoms with Crippen LogP contribution in [0.2, 0.25) is 0 Å². The Bertz CT molecular complexity index is 323. The standard InChI is InChI=1S/C13H24N2OS/c1-5-6-11-12(9-14-10(2)3)17-13(15-11)7-8-16-4/h10,14H,5-9H2,1-4H3. The van der Waals surface area contributed by atoms with Crippen LogP contribution >= 0.6 is 11.3 Å². The lowest BCUT2D eigenvalue weighted by Gasteiger charge is -2.07. The minimum absolute atomic E-state index is 0.522. The summed E-state index contributed by atoms with van der Waals surface area (Å²) in [6.07, 6.45) is 3.17. The van der Waals surface area contributed by atoms with Crippen molar-refractivity contribution in [3.8, 4) is 0 Å². The van der Waals surface area contributed by atoms with Crippen LogP contribution in [0.4, 0.5) is 0 Å². The second kappa shape index (κ2) is 7.80. The van der Waals surface area contributed by atoms with Crippen LogP contribution in [0.25, 0.3) is 0 Å². The molecule has 0 unspecified atom stereocenters. The highest BCUT2D eigenvalue weighted by Gasteiger charge is 2.10. The van der Waals surface area contributed by atoms with Gasteiger partial charge in [0.2, 0.25) is 0 Å². The molecule has 4 heteroatoms. The fourth-order valence-corrected chi connectivity index (χ4v) is 2.65. The molecule has 3 nitrogen and oxygen atoms in total. The summed E-state index contributed by atoms with van der Waals surface area (Å²) in [5.74, 6) is 0. The zero-order valence-corrected chi connectivity index (χ0v) is 12.2. The molecule has 0 amide bonds. The predicted molar refractivity (Wildman–Crippen MR) is 73.7 cm³/mol. The molecule has 0 aromatic carbocycles. The van der Waals surface area contributed by atoms with Gasteiger partial charge >= 0.3 is 0 Å². The average molecular weight is 256 g/mol. The van der Waals surface area contributed by atoms with Gasteiger partial charge < -0.3 is 10.1 Å². The Hall–Kier alpha value is -0.450. The van der Waals surface area contributed by atoms with Gasteiger partial charge in [-0.1, -0.05) is 27.2 Å². The highest BCUT2D eigenvalue weighted by molar-refractivity contribution is 7.11. The Kier molecular flexibility index (Phi) is 6.70. The van der Waals surface area contributed by atoms with Crippen molar-refractivity contribution >= 4 is 11.3 Å². The van der Waals surface area contributed by atoms with Gasteiger partial charge in [-0.15, -0.1) is 11.3 Å². The zero-order chi connectivity index (χ0) is 12.7. The van der Waals surface area contributed by atoms with E-state index in [1.807, 2.05) is 11.3 Å². The summed E-state index contributed by atoms with van der Waals surface area (Å²) in [6, 6.07) is 0.522. The third kappa shape index (κ3) is 5.15. The van der Waals surface area contributed by atoms with Gasteiger partial charge in [-0.05, 0) is 6.42 Å². The molecule has 0 bridgehead atoms. The molecule has 0 fully saturated rings. The molecule has 0 spiro atoms. The smallest absolute Gasteiger partial charge is 0.0954 e. The number of aromatic nitrogens is 1. The molecule has 1 aromatic heterocycles. The van der Waals surface area contributed by atoms with E-state index in [4.69, 9.17) is 9.72 Å². The first-order chi connectivity index (χ1) is 8.17. The van der Waals surface area contributed by atoms with E-state index >= 15 is 0 Å². The monoisotopic (exact) mass is 256 g/mol. The van der Waals surface area contributed by atoms with Gasteiger partial charge in [-0.3, -0.25) is 0 Å². The van der Waals surface area contributed by atoms with E-state index in [9.17, 15) is 0 Å². The van der Waals surface area contributed by atoms with Gasteiger partial charge in [0, 0.05) is 31.0 Å². The summed E-state index contributed by atoms with van der Waals surface area (Å²) < 4.78 is 5.10. The van der Waals surface area contributed by atoms with E-state index in [0.29, 0.717) is 6.04 Å². The maximum absolute atomic E-state index is 5.10. The molecule has 98 valence electrons. The predicted octanol–water partition coefficient (Wildman–Crippen LogP) is 2.78. The normalized spacial score (nSPS) is 11.4. The van der Waals surface area contributed by atoms with Crippen LogP contribution in [0.1, 0.15) is 42.8 Å². The molecule has 0 atom stereocenters. The molecule has 1 aromatic rings. The molecule has 0 aliphatic heterocycles. The number of thiazole rings is 1. The lowest BCUT2D eigenvalue weighted by molar-refractivity contribution is 0.202. The lowest BCUT2D eigenvalue weighted by Crippen LogP contribution is -2.21. The van der Waals surface area contributed by atoms with Gasteiger partial charge in [-0.2, -0.15) is 0 Å². The van der Waals surface area contributed by atoms with Crippen molar-refractivity contribution in [2.45, 2.75) is 52.6 Å². The topological polar surface area (TPSA) is 34.1 Å². The SMILES string of the molecule is CCCc1nc(CCOC)sc1CNC(C)C. The highest BCUT2D eigenvalue weighted by Crippen LogP contribution is 2.20. The van der Waals surface area contributed by atoms with E-state index in [0.717, 1.165) is 32.4 Å². The Morgan fingerprint density at radius 3 is 2.71 bits per heavy atom. The van der Waals surface area contributed by atoms with Gasteiger partial charge in [-0.25, -0.2) is 4.98 Å². The first kappa shape index (κ1) is 14.6. The summed E-state index contributed by atoms with van der Waals surface area (Å²) in [4.78, 5) is 6.11. The van der Waals surface area contributed by atoms with Crippen molar-refractivity contribution in [1.82, 2.24) is 10.3 Å². The number of rotatable bonds is 8. The van der Waals surface area contributed by atoms with Crippen LogP contribution in [0.5, 0.6) is 0 Å². The molecular weight excluding hydrogens is 232 g/mol. The molecule has 1 rings (SSSR count). The van der Waals surface area contributed by atoms with Crippen LogP contribution in [0.3, 0.4) is 0 Å². The molecule has 0 radical (unpaired) electrons. The van der Waals surface area contributed by atoms with E-state index in [1.54, 1.807) is 7.11 Å². The number of aryl methyl sites for hydroxylation is 1. The number of nitrogens with one attached hydrogen (secondary N) is 1. The lowest BCUT2D eigenvalue weighted by atomic mass is 10.2. The molecule has 0 aliphatic rings. The number of hydrogen-bond donors (Lipinski definition) is 1. The van der Waals surface area contributed by atoms with E-state index < -0.39 is 0 Å². The maximum atomic E-state index is 5.10. The zero-order valence-electron chi connectivity index (χ0n) is 11.4. The quantitative estimate of drug-likeness (QED) is 0.776. The first-order valence-corrected chi connectivity index (χ1v) is 7.18.